The van der Waals surface area contributed by atoms with Gasteiger partial charge in [0.15, 0.2) is 0 Å². The summed E-state index contributed by atoms with van der Waals surface area (Å²) in [5, 5.41) is 8.87. The number of carboxylic acids is 1. The van der Waals surface area contributed by atoms with Crippen molar-refractivity contribution in [3.8, 4) is 0 Å². The van der Waals surface area contributed by atoms with Gasteiger partial charge in [0.05, 0.1) is 6.04 Å². The van der Waals surface area contributed by atoms with Crippen LogP contribution in [0.4, 0.5) is 0 Å². The standard InChI is InChI=1S/C12H22N2O3/c1-2-5-10(13)12(17)14(8-11(15)16)9-6-3-4-7-9/h9-10H,2-8,13H2,1H3,(H,15,16)/t10-/m0/s1. The van der Waals surface area contributed by atoms with Gasteiger partial charge in [0.25, 0.3) is 0 Å². The van der Waals surface area contributed by atoms with E-state index < -0.39 is 12.0 Å². The molecule has 0 radical (unpaired) electrons. The maximum absolute atomic E-state index is 12.1. The molecule has 1 aliphatic carbocycles. The van der Waals surface area contributed by atoms with E-state index in [-0.39, 0.29) is 18.5 Å². The number of nitrogens with two attached hydrogens (primary N) is 1. The topological polar surface area (TPSA) is 83.6 Å². The third-order valence-electron chi connectivity index (χ3n) is 3.27. The molecule has 1 atom stereocenters. The zero-order valence-electron chi connectivity index (χ0n) is 10.4. The van der Waals surface area contributed by atoms with Crippen molar-refractivity contribution in [3.63, 3.8) is 0 Å². The highest BCUT2D eigenvalue weighted by molar-refractivity contribution is 5.85. The van der Waals surface area contributed by atoms with Crippen LogP contribution < -0.4 is 5.73 Å². The highest BCUT2D eigenvalue weighted by Crippen LogP contribution is 2.24. The number of amides is 1. The lowest BCUT2D eigenvalue weighted by Crippen LogP contribution is -2.49. The van der Waals surface area contributed by atoms with E-state index in [2.05, 4.69) is 0 Å². The lowest BCUT2D eigenvalue weighted by molar-refractivity contribution is -0.146. The second kappa shape index (κ2) is 6.59. The van der Waals surface area contributed by atoms with Crippen LogP contribution in [0.15, 0.2) is 0 Å². The Labute approximate surface area is 102 Å². The molecule has 0 aromatic heterocycles. The monoisotopic (exact) mass is 242 g/mol. The Hall–Kier alpha value is -1.10. The van der Waals surface area contributed by atoms with E-state index in [1.54, 1.807) is 0 Å². The van der Waals surface area contributed by atoms with Crippen LogP contribution in [-0.2, 0) is 9.59 Å². The minimum Gasteiger partial charge on any atom is -0.480 e. The van der Waals surface area contributed by atoms with Crippen LogP contribution in [0, 0.1) is 0 Å². The zero-order valence-corrected chi connectivity index (χ0v) is 10.4. The Bertz CT molecular complexity index is 275. The van der Waals surface area contributed by atoms with Gasteiger partial charge in [-0.1, -0.05) is 26.2 Å². The Morgan fingerprint density at radius 1 is 1.41 bits per heavy atom. The summed E-state index contributed by atoms with van der Waals surface area (Å²) in [7, 11) is 0. The highest BCUT2D eigenvalue weighted by atomic mass is 16.4. The van der Waals surface area contributed by atoms with Gasteiger partial charge in [-0.25, -0.2) is 0 Å². The van der Waals surface area contributed by atoms with Gasteiger partial charge in [-0.3, -0.25) is 9.59 Å². The van der Waals surface area contributed by atoms with Crippen molar-refractivity contribution < 1.29 is 14.7 Å². The molecule has 1 amide bonds. The molecule has 0 aliphatic heterocycles. The molecule has 1 rings (SSSR count). The quantitative estimate of drug-likeness (QED) is 0.727. The normalized spacial score (nSPS) is 18.0. The summed E-state index contributed by atoms with van der Waals surface area (Å²) in [4.78, 5) is 24.4. The summed E-state index contributed by atoms with van der Waals surface area (Å²) in [6.07, 6.45) is 5.38. The molecule has 17 heavy (non-hydrogen) atoms. The van der Waals surface area contributed by atoms with E-state index in [0.717, 1.165) is 32.1 Å². The van der Waals surface area contributed by atoms with Crippen LogP contribution in [0.2, 0.25) is 0 Å². The summed E-state index contributed by atoms with van der Waals surface area (Å²) in [5.41, 5.74) is 5.79. The van der Waals surface area contributed by atoms with E-state index in [0.29, 0.717) is 6.42 Å². The van der Waals surface area contributed by atoms with Crippen LogP contribution in [0.25, 0.3) is 0 Å². The third-order valence-corrected chi connectivity index (χ3v) is 3.27. The van der Waals surface area contributed by atoms with Gasteiger partial charge in [0.1, 0.15) is 6.54 Å². The van der Waals surface area contributed by atoms with Gasteiger partial charge in [-0.2, -0.15) is 0 Å². The number of carbonyl (C=O) groups is 2. The van der Waals surface area contributed by atoms with E-state index in [1.165, 1.54) is 4.90 Å². The number of aliphatic carboxylic acids is 1. The molecule has 1 saturated carbocycles. The molecule has 0 aromatic carbocycles. The Morgan fingerprint density at radius 3 is 2.47 bits per heavy atom. The number of rotatable bonds is 6. The van der Waals surface area contributed by atoms with Gasteiger partial charge >= 0.3 is 5.97 Å². The maximum Gasteiger partial charge on any atom is 0.323 e. The lowest BCUT2D eigenvalue weighted by Gasteiger charge is -2.29. The Kier molecular flexibility index (Phi) is 5.41. The predicted molar refractivity (Wildman–Crippen MR) is 64.5 cm³/mol. The Morgan fingerprint density at radius 2 is 2.00 bits per heavy atom. The fourth-order valence-corrected chi connectivity index (χ4v) is 2.40. The molecule has 5 heteroatoms. The number of carboxylic acid groups (broad SMARTS) is 1. The lowest BCUT2D eigenvalue weighted by atomic mass is 10.1. The van der Waals surface area contributed by atoms with Crippen LogP contribution in [0.3, 0.4) is 0 Å². The summed E-state index contributed by atoms with van der Waals surface area (Å²) in [5.74, 6) is -1.17. The van der Waals surface area contributed by atoms with Crippen molar-refractivity contribution in [2.75, 3.05) is 6.54 Å². The fourth-order valence-electron chi connectivity index (χ4n) is 2.40. The first-order valence-corrected chi connectivity index (χ1v) is 6.34. The van der Waals surface area contributed by atoms with E-state index in [4.69, 9.17) is 10.8 Å². The summed E-state index contributed by atoms with van der Waals surface area (Å²) in [6, 6.07) is -0.485. The third kappa shape index (κ3) is 4.00. The first-order chi connectivity index (χ1) is 8.06. The number of carbonyl (C=O) groups excluding carboxylic acids is 1. The molecule has 1 fully saturated rings. The molecule has 0 saturated heterocycles. The van der Waals surface area contributed by atoms with Crippen LogP contribution >= 0.6 is 0 Å². The highest BCUT2D eigenvalue weighted by Gasteiger charge is 2.30. The molecule has 0 heterocycles. The van der Waals surface area contributed by atoms with Crippen LogP contribution in [-0.4, -0.2) is 40.5 Å². The second-order valence-corrected chi connectivity index (χ2v) is 4.69. The van der Waals surface area contributed by atoms with Crippen LogP contribution in [0.5, 0.6) is 0 Å². The molecule has 0 unspecified atom stereocenters. The Balaban J connectivity index is 2.67. The van der Waals surface area contributed by atoms with Gasteiger partial charge in [0.2, 0.25) is 5.91 Å². The molecule has 98 valence electrons. The number of nitrogens with zero attached hydrogens (tertiary/aromatic N) is 1. The number of hydrogen-bond donors (Lipinski definition) is 2. The van der Waals surface area contributed by atoms with Crippen molar-refractivity contribution in [2.45, 2.75) is 57.5 Å². The second-order valence-electron chi connectivity index (χ2n) is 4.69. The van der Waals surface area contributed by atoms with Crippen molar-refractivity contribution in [2.24, 2.45) is 5.73 Å². The molecule has 0 aromatic rings. The summed E-state index contributed by atoms with van der Waals surface area (Å²) < 4.78 is 0. The first kappa shape index (κ1) is 14.0. The first-order valence-electron chi connectivity index (χ1n) is 6.34. The molecular weight excluding hydrogens is 220 g/mol. The van der Waals surface area contributed by atoms with E-state index >= 15 is 0 Å². The van der Waals surface area contributed by atoms with Crippen molar-refractivity contribution in [1.29, 1.82) is 0 Å². The van der Waals surface area contributed by atoms with E-state index in [9.17, 15) is 9.59 Å². The maximum atomic E-state index is 12.1. The average molecular weight is 242 g/mol. The molecule has 0 bridgehead atoms. The van der Waals surface area contributed by atoms with Gasteiger partial charge in [-0.05, 0) is 19.3 Å². The molecule has 3 N–H and O–H groups in total. The molecular formula is C12H22N2O3. The number of hydrogen-bond acceptors (Lipinski definition) is 3. The summed E-state index contributed by atoms with van der Waals surface area (Å²) in [6.45, 7) is 1.74. The van der Waals surface area contributed by atoms with Gasteiger partial charge in [0, 0.05) is 6.04 Å². The largest absolute Gasteiger partial charge is 0.480 e. The van der Waals surface area contributed by atoms with Crippen molar-refractivity contribution >= 4 is 11.9 Å². The van der Waals surface area contributed by atoms with Crippen molar-refractivity contribution in [1.82, 2.24) is 4.90 Å². The minimum atomic E-state index is -0.964. The van der Waals surface area contributed by atoms with Crippen LogP contribution in [0.1, 0.15) is 45.4 Å². The minimum absolute atomic E-state index is 0.0708. The molecule has 5 nitrogen and oxygen atoms in total. The fraction of sp³-hybridized carbons (Fsp3) is 0.833. The smallest absolute Gasteiger partial charge is 0.323 e. The van der Waals surface area contributed by atoms with Gasteiger partial charge < -0.3 is 15.7 Å². The van der Waals surface area contributed by atoms with Crippen molar-refractivity contribution in [3.05, 3.63) is 0 Å². The molecule has 0 spiro atoms. The average Bonchev–Trinajstić information content (AvgIpc) is 2.78. The predicted octanol–water partition coefficient (Wildman–Crippen LogP) is 0.970. The molecule has 1 aliphatic rings. The van der Waals surface area contributed by atoms with Gasteiger partial charge in [-0.15, -0.1) is 0 Å². The zero-order chi connectivity index (χ0) is 12.8. The van der Waals surface area contributed by atoms with E-state index in [1.807, 2.05) is 6.92 Å². The summed E-state index contributed by atoms with van der Waals surface area (Å²) >= 11 is 0. The SMILES string of the molecule is CCC[C@H](N)C(=O)N(CC(=O)O)C1CCCC1.